The maximum Gasteiger partial charge on any atom is 0.303 e. The van der Waals surface area contributed by atoms with Gasteiger partial charge in [0.2, 0.25) is 0 Å². The number of para-hydroxylation sites is 1. The topological polar surface area (TPSA) is 53.1 Å². The number of hydrogen-bond donors (Lipinski definition) is 2. The number of aromatic nitrogens is 1. The first-order valence-electron chi connectivity index (χ1n) is 7.22. The highest BCUT2D eigenvalue weighted by Crippen LogP contribution is 2.33. The number of benzene rings is 2. The third-order valence-corrected chi connectivity index (χ3v) is 3.73. The van der Waals surface area contributed by atoms with Crippen LogP contribution in [0.1, 0.15) is 18.5 Å². The predicted octanol–water partition coefficient (Wildman–Crippen LogP) is 4.38. The smallest absolute Gasteiger partial charge is 0.303 e. The number of halogens is 1. The third-order valence-electron chi connectivity index (χ3n) is 3.73. The number of carboxylic acid groups (broad SMARTS) is 1. The van der Waals surface area contributed by atoms with Crippen molar-refractivity contribution < 1.29 is 14.3 Å². The molecule has 22 heavy (non-hydrogen) atoms. The number of carbonyl (C=O) groups is 1. The molecule has 0 aliphatic heterocycles. The van der Waals surface area contributed by atoms with E-state index in [1.165, 1.54) is 12.1 Å². The van der Waals surface area contributed by atoms with E-state index in [2.05, 4.69) is 4.98 Å². The minimum Gasteiger partial charge on any atom is -0.481 e. The predicted molar refractivity (Wildman–Crippen MR) is 84.3 cm³/mol. The highest BCUT2D eigenvalue weighted by molar-refractivity contribution is 5.97. The molecule has 2 N–H and O–H groups in total. The first kappa shape index (κ1) is 14.3. The molecule has 0 aliphatic carbocycles. The summed E-state index contributed by atoms with van der Waals surface area (Å²) in [5, 5.41) is 9.87. The molecule has 3 rings (SSSR count). The number of hydrogen-bond acceptors (Lipinski definition) is 1. The van der Waals surface area contributed by atoms with Gasteiger partial charge in [0.05, 0.1) is 0 Å². The molecule has 3 nitrogen and oxygen atoms in total. The molecule has 0 aliphatic rings. The number of H-pyrrole nitrogens is 1. The fourth-order valence-electron chi connectivity index (χ4n) is 2.75. The lowest BCUT2D eigenvalue weighted by molar-refractivity contribution is -0.137. The summed E-state index contributed by atoms with van der Waals surface area (Å²) < 4.78 is 13.2. The Balaban J connectivity index is 2.04. The molecule has 2 aromatic carbocycles. The highest BCUT2D eigenvalue weighted by Gasteiger charge is 2.13. The van der Waals surface area contributed by atoms with Gasteiger partial charge in [-0.3, -0.25) is 4.79 Å². The molecule has 0 unspecified atom stereocenters. The first-order chi connectivity index (χ1) is 10.6. The van der Waals surface area contributed by atoms with E-state index in [-0.39, 0.29) is 12.2 Å². The van der Waals surface area contributed by atoms with Crippen molar-refractivity contribution in [2.75, 3.05) is 0 Å². The van der Waals surface area contributed by atoms with Gasteiger partial charge >= 0.3 is 5.97 Å². The van der Waals surface area contributed by atoms with Gasteiger partial charge in [0, 0.05) is 28.6 Å². The van der Waals surface area contributed by atoms with E-state index in [1.807, 2.05) is 24.3 Å². The minimum absolute atomic E-state index is 0.137. The van der Waals surface area contributed by atoms with Crippen molar-refractivity contribution in [3.63, 3.8) is 0 Å². The molecule has 0 bridgehead atoms. The van der Waals surface area contributed by atoms with E-state index in [0.29, 0.717) is 12.8 Å². The van der Waals surface area contributed by atoms with Gasteiger partial charge in [-0.25, -0.2) is 4.39 Å². The van der Waals surface area contributed by atoms with Gasteiger partial charge in [0.1, 0.15) is 5.82 Å². The normalized spacial score (nSPS) is 11.0. The number of aromatic amines is 1. The minimum atomic E-state index is -0.792. The highest BCUT2D eigenvalue weighted by atomic mass is 19.1. The average Bonchev–Trinajstić information content (AvgIpc) is 2.86. The number of fused-ring (bicyclic) bond motifs is 1. The fourth-order valence-corrected chi connectivity index (χ4v) is 2.75. The SMILES string of the molecule is O=C(O)CCCc1[nH]c2ccccc2c1-c1ccc(F)cc1. The van der Waals surface area contributed by atoms with Crippen LogP contribution in [-0.4, -0.2) is 16.1 Å². The molecular formula is C18H16FNO2. The summed E-state index contributed by atoms with van der Waals surface area (Å²) in [6, 6.07) is 14.3. The van der Waals surface area contributed by atoms with Crippen molar-refractivity contribution in [2.24, 2.45) is 0 Å². The summed E-state index contributed by atoms with van der Waals surface area (Å²) in [5.74, 6) is -1.06. The Hall–Kier alpha value is -2.62. The Labute approximate surface area is 127 Å². The van der Waals surface area contributed by atoms with E-state index < -0.39 is 5.97 Å². The van der Waals surface area contributed by atoms with Crippen LogP contribution in [-0.2, 0) is 11.2 Å². The van der Waals surface area contributed by atoms with Crippen LogP contribution in [0.3, 0.4) is 0 Å². The van der Waals surface area contributed by atoms with Crippen LogP contribution in [0.15, 0.2) is 48.5 Å². The van der Waals surface area contributed by atoms with Crippen LogP contribution < -0.4 is 0 Å². The summed E-state index contributed by atoms with van der Waals surface area (Å²) in [6.07, 6.45) is 1.35. The zero-order valence-electron chi connectivity index (χ0n) is 12.0. The van der Waals surface area contributed by atoms with Gasteiger partial charge in [0.15, 0.2) is 0 Å². The monoisotopic (exact) mass is 297 g/mol. The van der Waals surface area contributed by atoms with Crippen molar-refractivity contribution in [3.8, 4) is 11.1 Å². The molecule has 0 fully saturated rings. The van der Waals surface area contributed by atoms with Gasteiger partial charge in [-0.05, 0) is 36.6 Å². The average molecular weight is 297 g/mol. The van der Waals surface area contributed by atoms with Crippen LogP contribution in [0, 0.1) is 5.82 Å². The van der Waals surface area contributed by atoms with Crippen molar-refractivity contribution in [1.29, 1.82) is 0 Å². The summed E-state index contributed by atoms with van der Waals surface area (Å²) >= 11 is 0. The lowest BCUT2D eigenvalue weighted by atomic mass is 9.99. The van der Waals surface area contributed by atoms with Crippen LogP contribution in [0.4, 0.5) is 4.39 Å². The molecule has 112 valence electrons. The summed E-state index contributed by atoms with van der Waals surface area (Å²) in [7, 11) is 0. The summed E-state index contributed by atoms with van der Waals surface area (Å²) in [6.45, 7) is 0. The second kappa shape index (κ2) is 6.02. The van der Waals surface area contributed by atoms with Crippen molar-refractivity contribution in [2.45, 2.75) is 19.3 Å². The molecule has 1 aromatic heterocycles. The molecule has 3 aromatic rings. The lowest BCUT2D eigenvalue weighted by Crippen LogP contribution is -1.97. The maximum atomic E-state index is 13.2. The largest absolute Gasteiger partial charge is 0.481 e. The number of carboxylic acids is 1. The molecule has 0 atom stereocenters. The fraction of sp³-hybridized carbons (Fsp3) is 0.167. The van der Waals surface area contributed by atoms with Crippen LogP contribution in [0.2, 0.25) is 0 Å². The second-order valence-corrected chi connectivity index (χ2v) is 5.28. The second-order valence-electron chi connectivity index (χ2n) is 5.28. The van der Waals surface area contributed by atoms with Gasteiger partial charge < -0.3 is 10.1 Å². The molecule has 0 spiro atoms. The molecule has 0 amide bonds. The molecular weight excluding hydrogens is 281 g/mol. The molecule has 0 saturated heterocycles. The van der Waals surface area contributed by atoms with E-state index in [1.54, 1.807) is 12.1 Å². The lowest BCUT2D eigenvalue weighted by Gasteiger charge is -2.05. The quantitative estimate of drug-likeness (QED) is 0.734. The van der Waals surface area contributed by atoms with Gasteiger partial charge in [-0.1, -0.05) is 30.3 Å². The van der Waals surface area contributed by atoms with Crippen LogP contribution in [0.5, 0.6) is 0 Å². The first-order valence-corrected chi connectivity index (χ1v) is 7.22. The standard InChI is InChI=1S/C18H16FNO2/c19-13-10-8-12(9-11-13)18-14-4-1-2-5-15(14)20-16(18)6-3-7-17(21)22/h1-2,4-5,8-11,20H,3,6-7H2,(H,21,22). The zero-order valence-corrected chi connectivity index (χ0v) is 12.0. The van der Waals surface area contributed by atoms with Gasteiger partial charge in [-0.2, -0.15) is 0 Å². The van der Waals surface area contributed by atoms with E-state index in [4.69, 9.17) is 5.11 Å². The van der Waals surface area contributed by atoms with Crippen molar-refractivity contribution >= 4 is 16.9 Å². The summed E-state index contributed by atoms with van der Waals surface area (Å²) in [4.78, 5) is 14.1. The van der Waals surface area contributed by atoms with Crippen LogP contribution in [0.25, 0.3) is 22.0 Å². The molecule has 1 heterocycles. The zero-order chi connectivity index (χ0) is 15.5. The Kier molecular flexibility index (Phi) is 3.92. The number of rotatable bonds is 5. The number of aryl methyl sites for hydroxylation is 1. The van der Waals surface area contributed by atoms with Crippen LogP contribution >= 0.6 is 0 Å². The summed E-state index contributed by atoms with van der Waals surface area (Å²) in [5.41, 5.74) is 3.96. The Bertz CT molecular complexity index is 806. The van der Waals surface area contributed by atoms with E-state index >= 15 is 0 Å². The molecule has 0 saturated carbocycles. The van der Waals surface area contributed by atoms with Gasteiger partial charge in [-0.15, -0.1) is 0 Å². The molecule has 0 radical (unpaired) electrons. The number of nitrogens with one attached hydrogen (secondary N) is 1. The number of aliphatic carboxylic acids is 1. The third kappa shape index (κ3) is 2.86. The molecule has 4 heteroatoms. The van der Waals surface area contributed by atoms with Crippen molar-refractivity contribution in [3.05, 3.63) is 60.0 Å². The Morgan fingerprint density at radius 2 is 1.82 bits per heavy atom. The maximum absolute atomic E-state index is 13.2. The van der Waals surface area contributed by atoms with Crippen molar-refractivity contribution in [1.82, 2.24) is 4.98 Å². The Morgan fingerprint density at radius 1 is 1.09 bits per heavy atom. The Morgan fingerprint density at radius 3 is 2.55 bits per heavy atom. The van der Waals surface area contributed by atoms with Gasteiger partial charge in [0.25, 0.3) is 0 Å². The van der Waals surface area contributed by atoms with E-state index in [9.17, 15) is 9.18 Å². The van der Waals surface area contributed by atoms with E-state index in [0.717, 1.165) is 27.7 Å².